The zero-order valence-electron chi connectivity index (χ0n) is 14.8. The van der Waals surface area contributed by atoms with Crippen LogP contribution in [0, 0.1) is 5.41 Å². The number of halogens is 1. The third-order valence-corrected chi connectivity index (χ3v) is 4.93. The molecule has 1 N–H and O–H groups in total. The summed E-state index contributed by atoms with van der Waals surface area (Å²) in [4.78, 5) is 28.4. The molecule has 1 aromatic carbocycles. The summed E-state index contributed by atoms with van der Waals surface area (Å²) < 4.78 is 0.985. The van der Waals surface area contributed by atoms with Crippen molar-refractivity contribution in [2.75, 3.05) is 26.2 Å². The molecule has 1 aromatic rings. The van der Waals surface area contributed by atoms with E-state index < -0.39 is 0 Å². The second-order valence-corrected chi connectivity index (χ2v) is 8.08. The van der Waals surface area contributed by atoms with Gasteiger partial charge in [-0.05, 0) is 18.6 Å². The summed E-state index contributed by atoms with van der Waals surface area (Å²) in [5.41, 5.74) is 0.672. The van der Waals surface area contributed by atoms with Crippen molar-refractivity contribution >= 4 is 27.9 Å². The number of hydrogen-bond acceptors (Lipinski definition) is 2. The Labute approximate surface area is 152 Å². The lowest BCUT2D eigenvalue weighted by molar-refractivity contribution is -0.140. The van der Waals surface area contributed by atoms with E-state index in [9.17, 15) is 9.59 Å². The number of amides is 3. The predicted octanol–water partition coefficient (Wildman–Crippen LogP) is 3.41. The number of piperazine rings is 1. The Balaban J connectivity index is 1.89. The van der Waals surface area contributed by atoms with Gasteiger partial charge in [-0.3, -0.25) is 4.79 Å². The highest BCUT2D eigenvalue weighted by atomic mass is 79.9. The molecule has 132 valence electrons. The Kier molecular flexibility index (Phi) is 5.91. The smallest absolute Gasteiger partial charge is 0.317 e. The Morgan fingerprint density at radius 1 is 1.08 bits per heavy atom. The molecule has 24 heavy (non-hydrogen) atoms. The van der Waals surface area contributed by atoms with E-state index in [0.29, 0.717) is 26.2 Å². The molecular weight excluding hydrogens is 370 g/mol. The first-order valence-corrected chi connectivity index (χ1v) is 9.08. The van der Waals surface area contributed by atoms with Crippen LogP contribution < -0.4 is 5.32 Å². The Bertz CT molecular complexity index is 605. The number of nitrogens with zero attached hydrogens (tertiary/aromatic N) is 2. The molecule has 2 rings (SSSR count). The largest absolute Gasteiger partial charge is 0.339 e. The fraction of sp³-hybridized carbons (Fsp3) is 0.556. The summed E-state index contributed by atoms with van der Waals surface area (Å²) >= 11 is 3.52. The molecule has 0 aromatic heterocycles. The first-order chi connectivity index (χ1) is 11.2. The van der Waals surface area contributed by atoms with Crippen LogP contribution in [0.3, 0.4) is 0 Å². The first kappa shape index (κ1) is 18.8. The summed E-state index contributed by atoms with van der Waals surface area (Å²) in [5, 5.41) is 3.03. The van der Waals surface area contributed by atoms with Gasteiger partial charge in [-0.1, -0.05) is 54.9 Å². The highest BCUT2D eigenvalue weighted by molar-refractivity contribution is 9.10. The molecule has 1 aliphatic rings. The normalized spacial score (nSPS) is 16.7. The minimum Gasteiger partial charge on any atom is -0.339 e. The highest BCUT2D eigenvalue weighted by Crippen LogP contribution is 2.23. The van der Waals surface area contributed by atoms with Gasteiger partial charge in [0.25, 0.3) is 0 Å². The number of nitrogens with one attached hydrogen (secondary N) is 1. The van der Waals surface area contributed by atoms with Gasteiger partial charge < -0.3 is 15.1 Å². The number of carbonyl (C=O) groups is 2. The van der Waals surface area contributed by atoms with Crippen LogP contribution in [0.25, 0.3) is 0 Å². The summed E-state index contributed by atoms with van der Waals surface area (Å²) in [7, 11) is 0. The van der Waals surface area contributed by atoms with Gasteiger partial charge in [0.15, 0.2) is 0 Å². The summed E-state index contributed by atoms with van der Waals surface area (Å²) in [6.45, 7) is 10.1. The minimum atomic E-state index is -0.376. The van der Waals surface area contributed by atoms with Crippen molar-refractivity contribution in [1.82, 2.24) is 15.1 Å². The van der Waals surface area contributed by atoms with Crippen LogP contribution >= 0.6 is 15.9 Å². The maximum atomic E-state index is 12.5. The Hall–Kier alpha value is -1.56. The van der Waals surface area contributed by atoms with Crippen LogP contribution in [0.15, 0.2) is 28.7 Å². The molecule has 1 atom stereocenters. The van der Waals surface area contributed by atoms with E-state index >= 15 is 0 Å². The van der Waals surface area contributed by atoms with Gasteiger partial charge >= 0.3 is 6.03 Å². The molecule has 0 radical (unpaired) electrons. The summed E-state index contributed by atoms with van der Waals surface area (Å²) in [5.74, 6) is 0.143. The average molecular weight is 396 g/mol. The molecule has 1 aliphatic heterocycles. The van der Waals surface area contributed by atoms with E-state index in [-0.39, 0.29) is 23.4 Å². The van der Waals surface area contributed by atoms with Gasteiger partial charge in [0, 0.05) is 36.1 Å². The number of urea groups is 1. The zero-order chi connectivity index (χ0) is 17.9. The van der Waals surface area contributed by atoms with E-state index in [0.717, 1.165) is 10.0 Å². The third-order valence-electron chi connectivity index (χ3n) is 4.21. The lowest BCUT2D eigenvalue weighted by Gasteiger charge is -2.38. The molecule has 3 amide bonds. The van der Waals surface area contributed by atoms with Crippen molar-refractivity contribution in [2.24, 2.45) is 5.41 Å². The topological polar surface area (TPSA) is 52.7 Å². The maximum Gasteiger partial charge on any atom is 0.317 e. The van der Waals surface area contributed by atoms with E-state index in [4.69, 9.17) is 0 Å². The second-order valence-electron chi connectivity index (χ2n) is 7.22. The van der Waals surface area contributed by atoms with Gasteiger partial charge in [0.1, 0.15) is 0 Å². The number of carbonyl (C=O) groups excluding carboxylic acids is 2. The SMILES string of the molecule is CC(NC(=O)N1CCN(C(=O)C(C)(C)C)CC1)c1ccccc1Br. The molecule has 0 saturated carbocycles. The van der Waals surface area contributed by atoms with Gasteiger partial charge in [-0.25, -0.2) is 4.79 Å². The van der Waals surface area contributed by atoms with E-state index in [1.165, 1.54) is 0 Å². The molecule has 5 nitrogen and oxygen atoms in total. The van der Waals surface area contributed by atoms with E-state index in [1.54, 1.807) is 4.90 Å². The molecule has 0 bridgehead atoms. The standard InChI is InChI=1S/C18H26BrN3O2/c1-13(14-7-5-6-8-15(14)19)20-17(24)22-11-9-21(10-12-22)16(23)18(2,3)4/h5-8,13H,9-12H2,1-4H3,(H,20,24). The molecule has 1 fully saturated rings. The van der Waals surface area contributed by atoms with Crippen LogP contribution in [0.4, 0.5) is 4.79 Å². The molecule has 1 saturated heterocycles. The molecule has 1 unspecified atom stereocenters. The van der Waals surface area contributed by atoms with Crippen molar-refractivity contribution < 1.29 is 9.59 Å². The van der Waals surface area contributed by atoms with Crippen molar-refractivity contribution in [1.29, 1.82) is 0 Å². The Morgan fingerprint density at radius 2 is 1.62 bits per heavy atom. The quantitative estimate of drug-likeness (QED) is 0.833. The van der Waals surface area contributed by atoms with E-state index in [2.05, 4.69) is 21.2 Å². The van der Waals surface area contributed by atoms with E-state index in [1.807, 2.05) is 56.9 Å². The summed E-state index contributed by atoms with van der Waals surface area (Å²) in [6.07, 6.45) is 0. The van der Waals surface area contributed by atoms with Crippen LogP contribution in [0.5, 0.6) is 0 Å². The number of hydrogen-bond donors (Lipinski definition) is 1. The first-order valence-electron chi connectivity index (χ1n) is 8.29. The van der Waals surface area contributed by atoms with Crippen molar-refractivity contribution in [3.05, 3.63) is 34.3 Å². The maximum absolute atomic E-state index is 12.5. The monoisotopic (exact) mass is 395 g/mol. The second kappa shape index (κ2) is 7.55. The third kappa shape index (κ3) is 4.50. The van der Waals surface area contributed by atoms with Crippen molar-refractivity contribution in [2.45, 2.75) is 33.7 Å². The molecule has 1 heterocycles. The molecular formula is C18H26BrN3O2. The fourth-order valence-electron chi connectivity index (χ4n) is 2.77. The Morgan fingerprint density at radius 3 is 2.17 bits per heavy atom. The molecule has 0 aliphatic carbocycles. The van der Waals surface area contributed by atoms with Gasteiger partial charge in [-0.15, -0.1) is 0 Å². The van der Waals surface area contributed by atoms with Crippen LogP contribution in [0.1, 0.15) is 39.3 Å². The lowest BCUT2D eigenvalue weighted by atomic mass is 9.94. The van der Waals surface area contributed by atoms with Gasteiger partial charge in [-0.2, -0.15) is 0 Å². The van der Waals surface area contributed by atoms with Gasteiger partial charge in [0.05, 0.1) is 6.04 Å². The lowest BCUT2D eigenvalue weighted by Crippen LogP contribution is -2.55. The average Bonchev–Trinajstić information content (AvgIpc) is 2.53. The number of benzene rings is 1. The number of rotatable bonds is 2. The van der Waals surface area contributed by atoms with Crippen molar-refractivity contribution in [3.63, 3.8) is 0 Å². The highest BCUT2D eigenvalue weighted by Gasteiger charge is 2.31. The van der Waals surface area contributed by atoms with Crippen molar-refractivity contribution in [3.8, 4) is 0 Å². The fourth-order valence-corrected chi connectivity index (χ4v) is 3.40. The van der Waals surface area contributed by atoms with Gasteiger partial charge in [0.2, 0.25) is 5.91 Å². The summed E-state index contributed by atoms with van der Waals surface area (Å²) in [6, 6.07) is 7.71. The molecule has 0 spiro atoms. The van der Waals surface area contributed by atoms with Crippen LogP contribution in [-0.2, 0) is 4.79 Å². The molecule has 6 heteroatoms. The zero-order valence-corrected chi connectivity index (χ0v) is 16.4. The predicted molar refractivity (Wildman–Crippen MR) is 98.7 cm³/mol. The van der Waals surface area contributed by atoms with Crippen LogP contribution in [0.2, 0.25) is 0 Å². The minimum absolute atomic E-state index is 0.0812. The van der Waals surface area contributed by atoms with Crippen LogP contribution in [-0.4, -0.2) is 47.9 Å².